The number of carbonyl (C=O) groups is 1. The lowest BCUT2D eigenvalue weighted by atomic mass is 9.95. The van der Waals surface area contributed by atoms with Crippen LogP contribution in [0.15, 0.2) is 48.5 Å². The molecule has 0 radical (unpaired) electrons. The summed E-state index contributed by atoms with van der Waals surface area (Å²) in [5, 5.41) is 11.1. The van der Waals surface area contributed by atoms with Gasteiger partial charge in [-0.2, -0.15) is 0 Å². The van der Waals surface area contributed by atoms with Crippen molar-refractivity contribution in [3.05, 3.63) is 69.8 Å². The topological polar surface area (TPSA) is 98.7 Å². The Bertz CT molecular complexity index is 794. The first-order valence-corrected chi connectivity index (χ1v) is 7.93. The molecule has 7 heteroatoms. The zero-order valence-electron chi connectivity index (χ0n) is 13.8. The predicted octanol–water partition coefficient (Wildman–Crippen LogP) is 2.17. The molecule has 2 atom stereocenters. The highest BCUT2D eigenvalue weighted by Crippen LogP contribution is 2.30. The van der Waals surface area contributed by atoms with Gasteiger partial charge in [0.05, 0.1) is 12.0 Å². The van der Waals surface area contributed by atoms with Crippen LogP contribution in [0.5, 0.6) is 5.75 Å². The van der Waals surface area contributed by atoms with E-state index in [2.05, 4.69) is 0 Å². The molecule has 0 aromatic heterocycles. The molecular formula is C18H19N3O4. The molecule has 130 valence electrons. The Morgan fingerprint density at radius 1 is 1.24 bits per heavy atom. The van der Waals surface area contributed by atoms with Gasteiger partial charge in [0, 0.05) is 36.7 Å². The highest BCUT2D eigenvalue weighted by Gasteiger charge is 2.34. The maximum absolute atomic E-state index is 12.8. The minimum atomic E-state index is -0.557. The first-order chi connectivity index (χ1) is 12.0. The second-order valence-corrected chi connectivity index (χ2v) is 6.03. The van der Waals surface area contributed by atoms with Crippen LogP contribution >= 0.6 is 0 Å². The van der Waals surface area contributed by atoms with Gasteiger partial charge in [0.1, 0.15) is 0 Å². The highest BCUT2D eigenvalue weighted by molar-refractivity contribution is 5.95. The van der Waals surface area contributed by atoms with Crippen LogP contribution in [0.4, 0.5) is 5.69 Å². The molecule has 0 bridgehead atoms. The Kier molecular flexibility index (Phi) is 4.67. The number of hydrogen-bond acceptors (Lipinski definition) is 5. The van der Waals surface area contributed by atoms with Gasteiger partial charge in [-0.3, -0.25) is 14.9 Å². The second kappa shape index (κ2) is 6.90. The molecule has 0 aliphatic carbocycles. The van der Waals surface area contributed by atoms with E-state index in [1.54, 1.807) is 4.90 Å². The zero-order valence-corrected chi connectivity index (χ0v) is 13.8. The normalized spacial score (nSPS) is 19.7. The SMILES string of the molecule is COc1ccc(C(=O)N2C[C@@H](N)[C@H](c3ccccc3)C2)cc1[N+](=O)[O-]. The van der Waals surface area contributed by atoms with Gasteiger partial charge < -0.3 is 15.4 Å². The lowest BCUT2D eigenvalue weighted by Crippen LogP contribution is -2.32. The smallest absolute Gasteiger partial charge is 0.311 e. The van der Waals surface area contributed by atoms with E-state index in [1.807, 2.05) is 30.3 Å². The van der Waals surface area contributed by atoms with Gasteiger partial charge in [0.25, 0.3) is 5.91 Å². The molecule has 2 aromatic carbocycles. The largest absolute Gasteiger partial charge is 0.490 e. The molecule has 1 fully saturated rings. The summed E-state index contributed by atoms with van der Waals surface area (Å²) < 4.78 is 4.97. The molecule has 2 aromatic rings. The van der Waals surface area contributed by atoms with Crippen molar-refractivity contribution in [1.82, 2.24) is 4.90 Å². The van der Waals surface area contributed by atoms with Crippen LogP contribution in [0.2, 0.25) is 0 Å². The molecule has 7 nitrogen and oxygen atoms in total. The van der Waals surface area contributed by atoms with Crippen LogP contribution in [0.1, 0.15) is 21.8 Å². The number of nitrogens with two attached hydrogens (primary N) is 1. The minimum Gasteiger partial charge on any atom is -0.490 e. The lowest BCUT2D eigenvalue weighted by molar-refractivity contribution is -0.385. The summed E-state index contributed by atoms with van der Waals surface area (Å²) in [5.41, 5.74) is 7.34. The average Bonchev–Trinajstić information content (AvgIpc) is 3.03. The molecular weight excluding hydrogens is 322 g/mol. The summed E-state index contributed by atoms with van der Waals surface area (Å²) in [7, 11) is 1.35. The van der Waals surface area contributed by atoms with Gasteiger partial charge in [-0.15, -0.1) is 0 Å². The van der Waals surface area contributed by atoms with Crippen molar-refractivity contribution in [2.45, 2.75) is 12.0 Å². The predicted molar refractivity (Wildman–Crippen MR) is 92.7 cm³/mol. The van der Waals surface area contributed by atoms with Crippen molar-refractivity contribution in [3.8, 4) is 5.75 Å². The number of hydrogen-bond donors (Lipinski definition) is 1. The first-order valence-electron chi connectivity index (χ1n) is 7.93. The monoisotopic (exact) mass is 341 g/mol. The van der Waals surface area contributed by atoms with Crippen molar-refractivity contribution < 1.29 is 14.5 Å². The Balaban J connectivity index is 1.82. The van der Waals surface area contributed by atoms with E-state index in [0.29, 0.717) is 13.1 Å². The number of nitro benzene ring substituents is 1. The molecule has 1 amide bonds. The average molecular weight is 341 g/mol. The fourth-order valence-corrected chi connectivity index (χ4v) is 3.20. The Morgan fingerprint density at radius 2 is 1.96 bits per heavy atom. The number of ether oxygens (including phenoxy) is 1. The van der Waals surface area contributed by atoms with Crippen LogP contribution in [-0.2, 0) is 0 Å². The quantitative estimate of drug-likeness (QED) is 0.679. The standard InChI is InChI=1S/C18H19N3O4/c1-25-17-8-7-13(9-16(17)21(23)24)18(22)20-10-14(15(19)11-20)12-5-3-2-4-6-12/h2-9,14-15H,10-11,19H2,1H3/t14-,15+/m0/s1. The molecule has 0 saturated carbocycles. The van der Waals surface area contributed by atoms with Crippen molar-refractivity contribution in [2.75, 3.05) is 20.2 Å². The Labute approximate surface area is 145 Å². The van der Waals surface area contributed by atoms with E-state index in [4.69, 9.17) is 10.5 Å². The number of rotatable bonds is 4. The van der Waals surface area contributed by atoms with Crippen molar-refractivity contribution in [3.63, 3.8) is 0 Å². The van der Waals surface area contributed by atoms with Crippen LogP contribution in [0, 0.1) is 10.1 Å². The molecule has 2 N–H and O–H groups in total. The number of nitro groups is 1. The van der Waals surface area contributed by atoms with E-state index in [1.165, 1.54) is 25.3 Å². The van der Waals surface area contributed by atoms with E-state index < -0.39 is 4.92 Å². The van der Waals surface area contributed by atoms with E-state index in [-0.39, 0.29) is 34.9 Å². The van der Waals surface area contributed by atoms with Crippen molar-refractivity contribution in [1.29, 1.82) is 0 Å². The lowest BCUT2D eigenvalue weighted by Gasteiger charge is -2.17. The first kappa shape index (κ1) is 16.9. The number of carbonyl (C=O) groups excluding carboxylic acids is 1. The second-order valence-electron chi connectivity index (χ2n) is 6.03. The summed E-state index contributed by atoms with van der Waals surface area (Å²) in [6, 6.07) is 13.9. The molecule has 25 heavy (non-hydrogen) atoms. The van der Waals surface area contributed by atoms with Crippen LogP contribution in [-0.4, -0.2) is 42.0 Å². The summed E-state index contributed by atoms with van der Waals surface area (Å²) in [4.78, 5) is 25.0. The molecule has 1 aliphatic heterocycles. The van der Waals surface area contributed by atoms with Gasteiger partial charge in [0.15, 0.2) is 5.75 Å². The minimum absolute atomic E-state index is 0.0541. The molecule has 1 aliphatic rings. The van der Waals surface area contributed by atoms with Gasteiger partial charge in [-0.05, 0) is 17.7 Å². The summed E-state index contributed by atoms with van der Waals surface area (Å²) in [5.74, 6) is -0.0835. The third kappa shape index (κ3) is 3.32. The fourth-order valence-electron chi connectivity index (χ4n) is 3.20. The molecule has 0 spiro atoms. The van der Waals surface area contributed by atoms with E-state index in [9.17, 15) is 14.9 Å². The highest BCUT2D eigenvalue weighted by atomic mass is 16.6. The molecule has 1 heterocycles. The maximum atomic E-state index is 12.8. The van der Waals surface area contributed by atoms with Gasteiger partial charge in [0.2, 0.25) is 0 Å². The van der Waals surface area contributed by atoms with Gasteiger partial charge >= 0.3 is 5.69 Å². The summed E-state index contributed by atoms with van der Waals surface area (Å²) >= 11 is 0. The van der Waals surface area contributed by atoms with Gasteiger partial charge in [-0.25, -0.2) is 0 Å². The Hall–Kier alpha value is -2.93. The third-order valence-electron chi connectivity index (χ3n) is 4.50. The number of amides is 1. The van der Waals surface area contributed by atoms with Crippen LogP contribution in [0.3, 0.4) is 0 Å². The number of nitrogens with zero attached hydrogens (tertiary/aromatic N) is 2. The van der Waals surface area contributed by atoms with E-state index >= 15 is 0 Å². The zero-order chi connectivity index (χ0) is 18.0. The fraction of sp³-hybridized carbons (Fsp3) is 0.278. The molecule has 1 saturated heterocycles. The molecule has 3 rings (SSSR count). The van der Waals surface area contributed by atoms with Crippen LogP contribution < -0.4 is 10.5 Å². The Morgan fingerprint density at radius 3 is 2.60 bits per heavy atom. The number of likely N-dealkylation sites (tertiary alicyclic amines) is 1. The third-order valence-corrected chi connectivity index (χ3v) is 4.50. The maximum Gasteiger partial charge on any atom is 0.311 e. The molecule has 0 unspecified atom stereocenters. The van der Waals surface area contributed by atoms with Crippen molar-refractivity contribution >= 4 is 11.6 Å². The number of benzene rings is 2. The van der Waals surface area contributed by atoms with Crippen LogP contribution in [0.25, 0.3) is 0 Å². The number of methoxy groups -OCH3 is 1. The summed E-state index contributed by atoms with van der Waals surface area (Å²) in [6.45, 7) is 0.905. The van der Waals surface area contributed by atoms with Crippen molar-refractivity contribution in [2.24, 2.45) is 5.73 Å². The summed E-state index contributed by atoms with van der Waals surface area (Å²) in [6.07, 6.45) is 0. The van der Waals surface area contributed by atoms with E-state index in [0.717, 1.165) is 5.56 Å². The van der Waals surface area contributed by atoms with Gasteiger partial charge in [-0.1, -0.05) is 30.3 Å².